The van der Waals surface area contributed by atoms with E-state index in [4.69, 9.17) is 4.74 Å². The summed E-state index contributed by atoms with van der Waals surface area (Å²) < 4.78 is 7.15. The summed E-state index contributed by atoms with van der Waals surface area (Å²) in [7, 11) is 0. The van der Waals surface area contributed by atoms with E-state index in [1.54, 1.807) is 0 Å². The number of nitrogens with zero attached hydrogens (tertiary/aromatic N) is 2. The van der Waals surface area contributed by atoms with Crippen LogP contribution in [-0.4, -0.2) is 22.3 Å². The van der Waals surface area contributed by atoms with Crippen molar-refractivity contribution in [3.63, 3.8) is 0 Å². The van der Waals surface area contributed by atoms with Crippen LogP contribution in [0.5, 0.6) is 5.75 Å². The molecule has 0 aliphatic rings. The lowest BCUT2D eigenvalue weighted by molar-refractivity contribution is 0.0818. The first-order valence-electron chi connectivity index (χ1n) is 9.86. The molecule has 0 radical (unpaired) electrons. The molecule has 2 rings (SSSR count). The maximum absolute atomic E-state index is 12.5. The van der Waals surface area contributed by atoms with Crippen LogP contribution in [0.25, 0.3) is 0 Å². The standard InChI is InChI=1S/C22H32N2O2/c1-5-7-8-9-10-11-21-17(3)23-24(18(21)4)22(25)16-26-20-14-12-19(6-2)13-15-20/h12-15H,5-11,16H2,1-4H3. The second-order valence-corrected chi connectivity index (χ2v) is 6.91. The van der Waals surface area contributed by atoms with Gasteiger partial charge in [-0.05, 0) is 56.4 Å². The van der Waals surface area contributed by atoms with Crippen molar-refractivity contribution in [2.24, 2.45) is 0 Å². The Balaban J connectivity index is 1.92. The molecule has 1 heterocycles. The molecule has 1 aromatic carbocycles. The minimum absolute atomic E-state index is 0.00334. The Morgan fingerprint density at radius 1 is 1.04 bits per heavy atom. The second-order valence-electron chi connectivity index (χ2n) is 6.91. The first-order chi connectivity index (χ1) is 12.6. The predicted octanol–water partition coefficient (Wildman–Crippen LogP) is 5.29. The van der Waals surface area contributed by atoms with Gasteiger partial charge in [0.25, 0.3) is 5.91 Å². The van der Waals surface area contributed by atoms with Gasteiger partial charge in [-0.2, -0.15) is 5.10 Å². The molecule has 0 fully saturated rings. The van der Waals surface area contributed by atoms with Gasteiger partial charge >= 0.3 is 0 Å². The largest absolute Gasteiger partial charge is 0.484 e. The lowest BCUT2D eigenvalue weighted by Gasteiger charge is -2.08. The highest BCUT2D eigenvalue weighted by molar-refractivity contribution is 5.80. The topological polar surface area (TPSA) is 44.1 Å². The van der Waals surface area contributed by atoms with Crippen LogP contribution in [0.3, 0.4) is 0 Å². The molecule has 26 heavy (non-hydrogen) atoms. The maximum atomic E-state index is 12.5. The van der Waals surface area contributed by atoms with Gasteiger partial charge in [-0.25, -0.2) is 4.68 Å². The van der Waals surface area contributed by atoms with Crippen molar-refractivity contribution in [1.29, 1.82) is 0 Å². The molecule has 0 saturated heterocycles. The molecule has 0 bridgehead atoms. The van der Waals surface area contributed by atoms with Crippen LogP contribution in [0.1, 0.15) is 73.3 Å². The molecule has 0 spiro atoms. The van der Waals surface area contributed by atoms with Gasteiger partial charge in [0.1, 0.15) is 5.75 Å². The Hall–Kier alpha value is -2.10. The van der Waals surface area contributed by atoms with E-state index in [0.717, 1.165) is 30.7 Å². The quantitative estimate of drug-likeness (QED) is 0.543. The van der Waals surface area contributed by atoms with E-state index in [1.165, 1.54) is 41.5 Å². The van der Waals surface area contributed by atoms with Crippen molar-refractivity contribution < 1.29 is 9.53 Å². The molecular weight excluding hydrogens is 324 g/mol. The van der Waals surface area contributed by atoms with Crippen LogP contribution in [0, 0.1) is 13.8 Å². The van der Waals surface area contributed by atoms with E-state index in [-0.39, 0.29) is 12.5 Å². The minimum Gasteiger partial charge on any atom is -0.484 e. The summed E-state index contributed by atoms with van der Waals surface area (Å²) in [5, 5.41) is 4.45. The van der Waals surface area contributed by atoms with E-state index in [9.17, 15) is 4.79 Å². The van der Waals surface area contributed by atoms with Crippen molar-refractivity contribution in [3.05, 3.63) is 46.8 Å². The summed E-state index contributed by atoms with van der Waals surface area (Å²) in [5.41, 5.74) is 4.37. The molecule has 0 aliphatic heterocycles. The third-order valence-corrected chi connectivity index (χ3v) is 4.90. The molecule has 0 aliphatic carbocycles. The average molecular weight is 357 g/mol. The van der Waals surface area contributed by atoms with Crippen LogP contribution >= 0.6 is 0 Å². The normalized spacial score (nSPS) is 10.9. The summed E-state index contributed by atoms with van der Waals surface area (Å²) >= 11 is 0. The Bertz CT molecular complexity index is 702. The minimum atomic E-state index is -0.123. The number of rotatable bonds is 10. The third kappa shape index (κ3) is 5.45. The highest BCUT2D eigenvalue weighted by Crippen LogP contribution is 2.18. The van der Waals surface area contributed by atoms with Gasteiger partial charge in [-0.1, -0.05) is 51.7 Å². The van der Waals surface area contributed by atoms with Crippen molar-refractivity contribution in [1.82, 2.24) is 9.78 Å². The molecule has 2 aromatic rings. The molecule has 1 aromatic heterocycles. The molecule has 0 atom stereocenters. The van der Waals surface area contributed by atoms with Gasteiger partial charge in [0.15, 0.2) is 6.61 Å². The number of aryl methyl sites for hydroxylation is 2. The third-order valence-electron chi connectivity index (χ3n) is 4.90. The fourth-order valence-corrected chi connectivity index (χ4v) is 3.21. The first-order valence-corrected chi connectivity index (χ1v) is 9.86. The number of ether oxygens (including phenoxy) is 1. The lowest BCUT2D eigenvalue weighted by atomic mass is 10.0. The van der Waals surface area contributed by atoms with Crippen molar-refractivity contribution in [2.75, 3.05) is 6.61 Å². The van der Waals surface area contributed by atoms with Crippen LogP contribution in [0.4, 0.5) is 0 Å². The van der Waals surface area contributed by atoms with E-state index in [2.05, 4.69) is 18.9 Å². The fourth-order valence-electron chi connectivity index (χ4n) is 3.21. The number of carbonyl (C=O) groups excluding carboxylic acids is 1. The molecule has 0 unspecified atom stereocenters. The second kappa shape index (κ2) is 10.1. The Morgan fingerprint density at radius 2 is 1.73 bits per heavy atom. The summed E-state index contributed by atoms with van der Waals surface area (Å²) in [5.74, 6) is 0.593. The molecule has 4 heteroatoms. The van der Waals surface area contributed by atoms with E-state index < -0.39 is 0 Å². The Morgan fingerprint density at radius 3 is 2.38 bits per heavy atom. The van der Waals surface area contributed by atoms with Crippen LogP contribution in [0.15, 0.2) is 24.3 Å². The molecule has 0 N–H and O–H groups in total. The number of carbonyl (C=O) groups is 1. The highest BCUT2D eigenvalue weighted by atomic mass is 16.5. The number of aromatic nitrogens is 2. The monoisotopic (exact) mass is 356 g/mol. The Kier molecular flexibility index (Phi) is 7.89. The van der Waals surface area contributed by atoms with E-state index in [0.29, 0.717) is 5.75 Å². The van der Waals surface area contributed by atoms with Crippen molar-refractivity contribution in [3.8, 4) is 5.75 Å². The smallest absolute Gasteiger partial charge is 0.284 e. The number of hydrogen-bond acceptors (Lipinski definition) is 3. The fraction of sp³-hybridized carbons (Fsp3) is 0.545. The van der Waals surface area contributed by atoms with Gasteiger partial charge in [0.2, 0.25) is 0 Å². The molecule has 0 amide bonds. The Labute approximate surface area is 157 Å². The number of hydrogen-bond donors (Lipinski definition) is 0. The summed E-state index contributed by atoms with van der Waals surface area (Å²) in [6.07, 6.45) is 8.22. The van der Waals surface area contributed by atoms with Crippen molar-refractivity contribution >= 4 is 5.91 Å². The zero-order valence-corrected chi connectivity index (χ0v) is 16.7. The summed E-state index contributed by atoms with van der Waals surface area (Å²) in [6.45, 7) is 8.31. The zero-order chi connectivity index (χ0) is 18.9. The van der Waals surface area contributed by atoms with Gasteiger partial charge in [0, 0.05) is 5.69 Å². The predicted molar refractivity (Wildman–Crippen MR) is 106 cm³/mol. The summed E-state index contributed by atoms with van der Waals surface area (Å²) in [4.78, 5) is 12.5. The average Bonchev–Trinajstić information content (AvgIpc) is 2.94. The number of unbranched alkanes of at least 4 members (excludes halogenated alkanes) is 4. The van der Waals surface area contributed by atoms with Gasteiger partial charge < -0.3 is 4.74 Å². The van der Waals surface area contributed by atoms with Crippen molar-refractivity contribution in [2.45, 2.75) is 72.6 Å². The first kappa shape index (κ1) is 20.2. The summed E-state index contributed by atoms with van der Waals surface area (Å²) in [6, 6.07) is 7.88. The SMILES string of the molecule is CCCCCCCc1c(C)nn(C(=O)COc2ccc(CC)cc2)c1C. The maximum Gasteiger partial charge on any atom is 0.284 e. The molecule has 142 valence electrons. The van der Waals surface area contributed by atoms with E-state index >= 15 is 0 Å². The highest BCUT2D eigenvalue weighted by Gasteiger charge is 2.16. The van der Waals surface area contributed by atoms with Gasteiger partial charge in [0.05, 0.1) is 5.69 Å². The molecule has 0 saturated carbocycles. The van der Waals surface area contributed by atoms with Gasteiger partial charge in [-0.3, -0.25) is 4.79 Å². The zero-order valence-electron chi connectivity index (χ0n) is 16.7. The molecule has 4 nitrogen and oxygen atoms in total. The lowest BCUT2D eigenvalue weighted by Crippen LogP contribution is -2.21. The van der Waals surface area contributed by atoms with Crippen LogP contribution in [-0.2, 0) is 12.8 Å². The van der Waals surface area contributed by atoms with Crippen LogP contribution < -0.4 is 4.74 Å². The number of benzene rings is 1. The van der Waals surface area contributed by atoms with Gasteiger partial charge in [-0.15, -0.1) is 0 Å². The van der Waals surface area contributed by atoms with E-state index in [1.807, 2.05) is 38.1 Å². The molecular formula is C22H32N2O2. The van der Waals surface area contributed by atoms with Crippen LogP contribution in [0.2, 0.25) is 0 Å².